The van der Waals surface area contributed by atoms with Crippen LogP contribution in [0.2, 0.25) is 10.0 Å². The molecule has 2 aromatic carbocycles. The Bertz CT molecular complexity index is 1210. The van der Waals surface area contributed by atoms with Crippen molar-refractivity contribution in [2.45, 2.75) is 52.4 Å². The van der Waals surface area contributed by atoms with Gasteiger partial charge in [0.15, 0.2) is 0 Å². The van der Waals surface area contributed by atoms with E-state index in [1.165, 1.54) is 16.5 Å². The number of nitrogens with zero attached hydrogens (tertiary/aromatic N) is 3. The van der Waals surface area contributed by atoms with Gasteiger partial charge in [0.2, 0.25) is 0 Å². The number of amides is 1. The van der Waals surface area contributed by atoms with Crippen LogP contribution >= 0.6 is 39.1 Å². The third-order valence-corrected chi connectivity index (χ3v) is 7.80. The Morgan fingerprint density at radius 3 is 2.32 bits per heavy atom. The smallest absolute Gasteiger partial charge is 0.407 e. The van der Waals surface area contributed by atoms with Crippen molar-refractivity contribution in [1.82, 2.24) is 19.7 Å². The van der Waals surface area contributed by atoms with Crippen molar-refractivity contribution in [1.29, 1.82) is 0 Å². The van der Waals surface area contributed by atoms with Crippen molar-refractivity contribution in [3.8, 4) is 0 Å². The van der Waals surface area contributed by atoms with Crippen LogP contribution in [0.4, 0.5) is 4.79 Å². The summed E-state index contributed by atoms with van der Waals surface area (Å²) in [5.74, 6) is 0. The number of rotatable bonds is 8. The van der Waals surface area contributed by atoms with Gasteiger partial charge < -0.3 is 14.6 Å². The number of hydrogen-bond acceptors (Lipinski definition) is 4. The van der Waals surface area contributed by atoms with Crippen LogP contribution in [0.15, 0.2) is 47.1 Å². The van der Waals surface area contributed by atoms with Gasteiger partial charge in [-0.3, -0.25) is 9.80 Å². The minimum Gasteiger partial charge on any atom is -0.444 e. The summed E-state index contributed by atoms with van der Waals surface area (Å²) in [5.41, 5.74) is 3.02. The Hall–Kier alpha value is -1.77. The Balaban J connectivity index is 1.28. The van der Waals surface area contributed by atoms with Crippen LogP contribution in [0.3, 0.4) is 0 Å². The molecule has 0 radical (unpaired) electrons. The van der Waals surface area contributed by atoms with Gasteiger partial charge in [0, 0.05) is 89.5 Å². The molecule has 0 unspecified atom stereocenters. The summed E-state index contributed by atoms with van der Waals surface area (Å²) in [5, 5.41) is 5.52. The lowest BCUT2D eigenvalue weighted by Crippen LogP contribution is -2.45. The number of ether oxygens (including phenoxy) is 1. The van der Waals surface area contributed by atoms with Crippen molar-refractivity contribution in [2.24, 2.45) is 0 Å². The third kappa shape index (κ3) is 7.87. The summed E-state index contributed by atoms with van der Waals surface area (Å²) >= 11 is 16.5. The van der Waals surface area contributed by atoms with Crippen molar-refractivity contribution < 1.29 is 9.53 Å². The molecule has 1 fully saturated rings. The minimum atomic E-state index is -0.484. The monoisotopic (exact) mass is 608 g/mol. The fraction of sp³-hybridized carbons (Fsp3) is 0.464. The predicted octanol–water partition coefficient (Wildman–Crippen LogP) is 6.94. The predicted molar refractivity (Wildman–Crippen MR) is 156 cm³/mol. The van der Waals surface area contributed by atoms with Crippen LogP contribution in [-0.4, -0.2) is 58.8 Å². The molecule has 200 valence electrons. The van der Waals surface area contributed by atoms with Crippen molar-refractivity contribution in [3.05, 3.63) is 68.2 Å². The molecule has 0 bridgehead atoms. The Labute approximate surface area is 238 Å². The maximum Gasteiger partial charge on any atom is 0.407 e. The fourth-order valence-electron chi connectivity index (χ4n) is 4.61. The molecular weight excluding hydrogens is 575 g/mol. The quantitative estimate of drug-likeness (QED) is 0.281. The number of nitrogens with one attached hydrogen (secondary N) is 1. The SMILES string of the molecule is CC(C)(C)OC(=O)NCCCn1cc(Br)c2cc(CN3CCN(Cc4c(Cl)cccc4Cl)CC3)ccc21. The largest absolute Gasteiger partial charge is 0.444 e. The van der Waals surface area contributed by atoms with Crippen LogP contribution in [0.5, 0.6) is 0 Å². The summed E-state index contributed by atoms with van der Waals surface area (Å²) < 4.78 is 8.62. The summed E-state index contributed by atoms with van der Waals surface area (Å²) in [6.45, 7) is 12.7. The van der Waals surface area contributed by atoms with E-state index in [1.54, 1.807) is 0 Å². The molecule has 3 aromatic rings. The number of carbonyl (C=O) groups excluding carboxylic acids is 1. The molecule has 1 aromatic heterocycles. The third-order valence-electron chi connectivity index (χ3n) is 6.46. The molecule has 1 aliphatic heterocycles. The van der Waals surface area contributed by atoms with Gasteiger partial charge in [0.25, 0.3) is 0 Å². The van der Waals surface area contributed by atoms with E-state index in [0.29, 0.717) is 6.54 Å². The van der Waals surface area contributed by atoms with Gasteiger partial charge in [0.05, 0.1) is 0 Å². The van der Waals surface area contributed by atoms with Crippen molar-refractivity contribution in [3.63, 3.8) is 0 Å². The van der Waals surface area contributed by atoms with Crippen LogP contribution in [0, 0.1) is 0 Å². The topological polar surface area (TPSA) is 49.7 Å². The van der Waals surface area contributed by atoms with E-state index in [-0.39, 0.29) is 6.09 Å². The van der Waals surface area contributed by atoms with Crippen LogP contribution in [0.1, 0.15) is 38.3 Å². The number of aryl methyl sites for hydroxylation is 1. The lowest BCUT2D eigenvalue weighted by molar-refractivity contribution is 0.0526. The number of hydrogen-bond donors (Lipinski definition) is 1. The molecule has 1 amide bonds. The van der Waals surface area contributed by atoms with Gasteiger partial charge in [-0.15, -0.1) is 0 Å². The van der Waals surface area contributed by atoms with E-state index in [0.717, 1.165) is 72.3 Å². The molecule has 1 aliphatic rings. The highest BCUT2D eigenvalue weighted by Crippen LogP contribution is 2.29. The van der Waals surface area contributed by atoms with E-state index in [9.17, 15) is 4.79 Å². The molecule has 0 saturated carbocycles. The second-order valence-electron chi connectivity index (χ2n) is 10.6. The first-order valence-electron chi connectivity index (χ1n) is 12.7. The van der Waals surface area contributed by atoms with Crippen LogP contribution in [0.25, 0.3) is 10.9 Å². The van der Waals surface area contributed by atoms with Crippen LogP contribution in [-0.2, 0) is 24.4 Å². The van der Waals surface area contributed by atoms with E-state index >= 15 is 0 Å². The van der Waals surface area contributed by atoms with Gasteiger partial charge in [0.1, 0.15) is 5.60 Å². The second-order valence-corrected chi connectivity index (χ2v) is 12.2. The van der Waals surface area contributed by atoms with Gasteiger partial charge in [-0.05, 0) is 73.0 Å². The highest BCUT2D eigenvalue weighted by Gasteiger charge is 2.20. The molecular formula is C28H35BrCl2N4O2. The average Bonchev–Trinajstić information content (AvgIpc) is 3.14. The van der Waals surface area contributed by atoms with Gasteiger partial charge in [-0.1, -0.05) is 35.3 Å². The van der Waals surface area contributed by atoms with Gasteiger partial charge in [-0.2, -0.15) is 0 Å². The highest BCUT2D eigenvalue weighted by molar-refractivity contribution is 9.10. The second kappa shape index (κ2) is 12.4. The van der Waals surface area contributed by atoms with E-state index in [2.05, 4.69) is 60.0 Å². The first-order chi connectivity index (χ1) is 17.6. The number of halogens is 3. The molecule has 0 spiro atoms. The average molecular weight is 610 g/mol. The zero-order valence-corrected chi connectivity index (χ0v) is 24.8. The first-order valence-corrected chi connectivity index (χ1v) is 14.3. The van der Waals surface area contributed by atoms with E-state index in [4.69, 9.17) is 27.9 Å². The van der Waals surface area contributed by atoms with Crippen molar-refractivity contribution >= 4 is 56.1 Å². The zero-order chi connectivity index (χ0) is 26.6. The normalized spacial score (nSPS) is 15.3. The maximum atomic E-state index is 11.8. The summed E-state index contributed by atoms with van der Waals surface area (Å²) in [4.78, 5) is 16.8. The van der Waals surface area contributed by atoms with Crippen LogP contribution < -0.4 is 5.32 Å². The molecule has 2 heterocycles. The molecule has 6 nitrogen and oxygen atoms in total. The number of aromatic nitrogens is 1. The summed E-state index contributed by atoms with van der Waals surface area (Å²) in [7, 11) is 0. The maximum absolute atomic E-state index is 11.8. The number of carbonyl (C=O) groups is 1. The van der Waals surface area contributed by atoms with Gasteiger partial charge >= 0.3 is 6.09 Å². The molecule has 0 atom stereocenters. The van der Waals surface area contributed by atoms with E-state index in [1.807, 2.05) is 39.0 Å². The van der Waals surface area contributed by atoms with Crippen molar-refractivity contribution in [2.75, 3.05) is 32.7 Å². The lowest BCUT2D eigenvalue weighted by Gasteiger charge is -2.35. The number of piperazine rings is 1. The molecule has 9 heteroatoms. The molecule has 0 aliphatic carbocycles. The molecule has 37 heavy (non-hydrogen) atoms. The summed E-state index contributed by atoms with van der Waals surface area (Å²) in [6, 6.07) is 12.4. The molecule has 1 N–H and O–H groups in total. The number of benzene rings is 2. The number of fused-ring (bicyclic) bond motifs is 1. The standard InChI is InChI=1S/C28H35BrCl2N4O2/c1-28(2,3)37-27(36)32-10-5-11-35-19-23(29)21-16-20(8-9-26(21)35)17-33-12-14-34(15-13-33)18-22-24(30)6-4-7-25(22)31/h4,6-9,16,19H,5,10-15,17-18H2,1-3H3,(H,32,36). The van der Waals surface area contributed by atoms with Gasteiger partial charge in [-0.25, -0.2) is 4.79 Å². The fourth-order valence-corrected chi connectivity index (χ4v) is 5.69. The zero-order valence-electron chi connectivity index (χ0n) is 21.7. The Kier molecular flexibility index (Phi) is 9.46. The lowest BCUT2D eigenvalue weighted by atomic mass is 10.1. The number of alkyl carbamates (subject to hydrolysis) is 1. The minimum absolute atomic E-state index is 0.371. The highest BCUT2D eigenvalue weighted by atomic mass is 79.9. The van der Waals surface area contributed by atoms with E-state index < -0.39 is 5.60 Å². The Morgan fingerprint density at radius 2 is 1.68 bits per heavy atom. The first kappa shape index (κ1) is 28.2. The Morgan fingerprint density at radius 1 is 1.03 bits per heavy atom. The molecule has 1 saturated heterocycles. The summed E-state index contributed by atoms with van der Waals surface area (Å²) in [6.07, 6.45) is 2.57. The molecule has 4 rings (SSSR count).